The number of carbonyl (C=O) groups is 1. The van der Waals surface area contributed by atoms with E-state index in [0.717, 1.165) is 0 Å². The van der Waals surface area contributed by atoms with E-state index in [1.807, 2.05) is 0 Å². The van der Waals surface area contributed by atoms with Gasteiger partial charge >= 0.3 is 0 Å². The Morgan fingerprint density at radius 2 is 1.86 bits per heavy atom. The number of hydrogen-bond acceptors (Lipinski definition) is 6. The van der Waals surface area contributed by atoms with Gasteiger partial charge in [-0.2, -0.15) is 0 Å². The van der Waals surface area contributed by atoms with Crippen molar-refractivity contribution in [3.8, 4) is 17.4 Å². The van der Waals surface area contributed by atoms with Gasteiger partial charge in [-0.1, -0.05) is 6.07 Å². The fourth-order valence-corrected chi connectivity index (χ4v) is 3.87. The third kappa shape index (κ3) is 4.82. The molecule has 0 spiro atoms. The summed E-state index contributed by atoms with van der Waals surface area (Å²) in [6.07, 6.45) is 1.34. The van der Waals surface area contributed by atoms with Gasteiger partial charge in [0, 0.05) is 11.6 Å². The van der Waals surface area contributed by atoms with E-state index in [9.17, 15) is 13.2 Å². The van der Waals surface area contributed by atoms with Gasteiger partial charge in [-0.25, -0.2) is 13.4 Å². The van der Waals surface area contributed by atoms with Crippen molar-refractivity contribution in [2.75, 3.05) is 11.8 Å². The van der Waals surface area contributed by atoms with Gasteiger partial charge in [0.1, 0.15) is 11.5 Å². The van der Waals surface area contributed by atoms with Crippen molar-refractivity contribution in [2.24, 2.45) is 5.73 Å². The zero-order valence-electron chi connectivity index (χ0n) is 15.7. The van der Waals surface area contributed by atoms with Gasteiger partial charge in [-0.3, -0.25) is 9.52 Å². The molecule has 0 atom stereocenters. The highest BCUT2D eigenvalue weighted by Gasteiger charge is 2.17. The minimum absolute atomic E-state index is 0.141. The molecule has 0 radical (unpaired) electrons. The number of primary amides is 1. The number of hydrogen-bond donors (Lipinski definition) is 2. The van der Waals surface area contributed by atoms with Crippen molar-refractivity contribution in [3.63, 3.8) is 0 Å². The molecular formula is C20H19N3O5S. The molecule has 0 unspecified atom stereocenters. The number of methoxy groups -OCH3 is 1. The maximum Gasteiger partial charge on any atom is 0.262 e. The SMILES string of the molecule is COc1ccc(S(=O)(=O)Nc2ccc(Oc3cccc(C(N)=O)c3)nc2)c(C)c1. The summed E-state index contributed by atoms with van der Waals surface area (Å²) in [6.45, 7) is 1.69. The fourth-order valence-electron chi connectivity index (χ4n) is 2.60. The number of aromatic nitrogens is 1. The molecule has 0 aliphatic carbocycles. The van der Waals surface area contributed by atoms with Gasteiger partial charge in [0.25, 0.3) is 10.0 Å². The van der Waals surface area contributed by atoms with Gasteiger partial charge in [0.15, 0.2) is 0 Å². The molecule has 3 N–H and O–H groups in total. The maximum atomic E-state index is 12.6. The number of nitrogens with two attached hydrogens (primary N) is 1. The molecule has 0 bridgehead atoms. The lowest BCUT2D eigenvalue weighted by Crippen LogP contribution is -2.14. The number of anilines is 1. The van der Waals surface area contributed by atoms with Crippen LogP contribution in [-0.2, 0) is 10.0 Å². The Hall–Kier alpha value is -3.59. The number of nitrogens with zero attached hydrogens (tertiary/aromatic N) is 1. The highest BCUT2D eigenvalue weighted by atomic mass is 32.2. The van der Waals surface area contributed by atoms with Crippen LogP contribution in [0.1, 0.15) is 15.9 Å². The molecule has 1 amide bonds. The first-order valence-electron chi connectivity index (χ1n) is 8.50. The first kappa shape index (κ1) is 20.2. The Kier molecular flexibility index (Phi) is 5.69. The van der Waals surface area contributed by atoms with E-state index in [0.29, 0.717) is 22.6 Å². The van der Waals surface area contributed by atoms with E-state index in [4.69, 9.17) is 15.2 Å². The van der Waals surface area contributed by atoms with Crippen LogP contribution in [-0.4, -0.2) is 26.4 Å². The molecule has 9 heteroatoms. The maximum absolute atomic E-state index is 12.6. The molecule has 0 aliphatic heterocycles. The lowest BCUT2D eigenvalue weighted by molar-refractivity contribution is 0.1000. The summed E-state index contributed by atoms with van der Waals surface area (Å²) in [7, 11) is -2.28. The summed E-state index contributed by atoms with van der Waals surface area (Å²) in [5.74, 6) is 0.623. The molecule has 0 fully saturated rings. The molecule has 2 aromatic carbocycles. The van der Waals surface area contributed by atoms with E-state index in [-0.39, 0.29) is 16.5 Å². The largest absolute Gasteiger partial charge is 0.497 e. The zero-order valence-corrected chi connectivity index (χ0v) is 16.6. The van der Waals surface area contributed by atoms with Gasteiger partial charge < -0.3 is 15.2 Å². The Labute approximate surface area is 168 Å². The van der Waals surface area contributed by atoms with Gasteiger partial charge in [-0.05, 0) is 55.0 Å². The quantitative estimate of drug-likeness (QED) is 0.614. The van der Waals surface area contributed by atoms with Crippen LogP contribution in [0.4, 0.5) is 5.69 Å². The second kappa shape index (κ2) is 8.19. The molecule has 1 aromatic heterocycles. The first-order chi connectivity index (χ1) is 13.8. The molecule has 150 valence electrons. The van der Waals surface area contributed by atoms with Gasteiger partial charge in [-0.15, -0.1) is 0 Å². The van der Waals surface area contributed by atoms with Crippen LogP contribution >= 0.6 is 0 Å². The number of pyridine rings is 1. The lowest BCUT2D eigenvalue weighted by Gasteiger charge is -2.12. The smallest absolute Gasteiger partial charge is 0.262 e. The molecule has 29 heavy (non-hydrogen) atoms. The minimum atomic E-state index is -3.79. The van der Waals surface area contributed by atoms with Crippen molar-refractivity contribution >= 4 is 21.6 Å². The summed E-state index contributed by atoms with van der Waals surface area (Å²) < 4.78 is 38.4. The van der Waals surface area contributed by atoms with Crippen molar-refractivity contribution in [2.45, 2.75) is 11.8 Å². The second-order valence-electron chi connectivity index (χ2n) is 6.12. The van der Waals surface area contributed by atoms with Crippen molar-refractivity contribution in [1.82, 2.24) is 4.98 Å². The third-order valence-corrected chi connectivity index (χ3v) is 5.54. The summed E-state index contributed by atoms with van der Waals surface area (Å²) in [5.41, 5.74) is 6.39. The number of nitrogens with one attached hydrogen (secondary N) is 1. The summed E-state index contributed by atoms with van der Waals surface area (Å²) in [6, 6.07) is 14.1. The Balaban J connectivity index is 1.75. The number of aryl methyl sites for hydroxylation is 1. The zero-order chi connectivity index (χ0) is 21.0. The average molecular weight is 413 g/mol. The highest BCUT2D eigenvalue weighted by molar-refractivity contribution is 7.92. The Morgan fingerprint density at radius 3 is 2.48 bits per heavy atom. The molecule has 3 rings (SSSR count). The predicted octanol–water partition coefficient (Wildman–Crippen LogP) is 3.09. The van der Waals surface area contributed by atoms with Gasteiger partial charge in [0.05, 0.1) is 23.9 Å². The number of ether oxygens (including phenoxy) is 2. The first-order valence-corrected chi connectivity index (χ1v) is 9.98. The van der Waals surface area contributed by atoms with E-state index in [1.165, 1.54) is 37.6 Å². The van der Waals surface area contributed by atoms with Crippen LogP contribution in [0.5, 0.6) is 17.4 Å². The number of benzene rings is 2. The van der Waals surface area contributed by atoms with E-state index in [2.05, 4.69) is 9.71 Å². The monoisotopic (exact) mass is 413 g/mol. The number of amides is 1. The second-order valence-corrected chi connectivity index (χ2v) is 7.77. The normalized spacial score (nSPS) is 11.0. The minimum Gasteiger partial charge on any atom is -0.497 e. The van der Waals surface area contributed by atoms with Crippen LogP contribution in [0.3, 0.4) is 0 Å². The summed E-state index contributed by atoms with van der Waals surface area (Å²) >= 11 is 0. The number of rotatable bonds is 7. The van der Waals surface area contributed by atoms with E-state index < -0.39 is 15.9 Å². The molecule has 0 saturated heterocycles. The molecule has 0 saturated carbocycles. The Morgan fingerprint density at radius 1 is 1.07 bits per heavy atom. The number of carbonyl (C=O) groups excluding carboxylic acids is 1. The fraction of sp³-hybridized carbons (Fsp3) is 0.100. The van der Waals surface area contributed by atoms with Crippen LogP contribution in [0, 0.1) is 6.92 Å². The van der Waals surface area contributed by atoms with Crippen LogP contribution in [0.25, 0.3) is 0 Å². The topological polar surface area (TPSA) is 121 Å². The lowest BCUT2D eigenvalue weighted by atomic mass is 10.2. The van der Waals surface area contributed by atoms with Crippen LogP contribution < -0.4 is 19.9 Å². The van der Waals surface area contributed by atoms with E-state index >= 15 is 0 Å². The van der Waals surface area contributed by atoms with Crippen molar-refractivity contribution in [1.29, 1.82) is 0 Å². The molecule has 3 aromatic rings. The van der Waals surface area contributed by atoms with Crippen LogP contribution in [0.15, 0.2) is 65.7 Å². The standard InChI is InChI=1S/C20H19N3O5S/c1-13-10-16(27-2)7-8-18(13)29(25,26)23-15-6-9-19(22-12-15)28-17-5-3-4-14(11-17)20(21)24/h3-12,23H,1-2H3,(H2,21,24). The summed E-state index contributed by atoms with van der Waals surface area (Å²) in [5, 5.41) is 0. The third-order valence-electron chi connectivity index (χ3n) is 4.00. The Bertz CT molecular complexity index is 1150. The average Bonchev–Trinajstić information content (AvgIpc) is 2.69. The highest BCUT2D eigenvalue weighted by Crippen LogP contribution is 2.25. The van der Waals surface area contributed by atoms with Crippen molar-refractivity contribution < 1.29 is 22.7 Å². The summed E-state index contributed by atoms with van der Waals surface area (Å²) in [4.78, 5) is 15.5. The van der Waals surface area contributed by atoms with E-state index in [1.54, 1.807) is 37.3 Å². The van der Waals surface area contributed by atoms with Crippen LogP contribution in [0.2, 0.25) is 0 Å². The molecule has 0 aliphatic rings. The molecule has 8 nitrogen and oxygen atoms in total. The molecular weight excluding hydrogens is 394 g/mol. The molecule has 1 heterocycles. The van der Waals surface area contributed by atoms with Gasteiger partial charge in [0.2, 0.25) is 11.8 Å². The van der Waals surface area contributed by atoms with Crippen molar-refractivity contribution in [3.05, 3.63) is 71.9 Å². The number of sulfonamides is 1. The predicted molar refractivity (Wildman–Crippen MR) is 108 cm³/mol.